The minimum absolute atomic E-state index is 0.0152. The standard InChI is InChI=1S/C14H22O5/c1-9-10(8-15)7-14(11(16)18-2,12(17)19-3)13(9)5-4-6-13/h9-10,15H,4-8H2,1-3H3/t9-,10-/m1/s1. The van der Waals surface area contributed by atoms with Crippen molar-refractivity contribution in [1.29, 1.82) is 0 Å². The van der Waals surface area contributed by atoms with E-state index in [1.807, 2.05) is 6.92 Å². The Morgan fingerprint density at radius 1 is 1.21 bits per heavy atom. The van der Waals surface area contributed by atoms with Crippen molar-refractivity contribution in [2.75, 3.05) is 20.8 Å². The maximum absolute atomic E-state index is 12.3. The van der Waals surface area contributed by atoms with Crippen LogP contribution in [-0.4, -0.2) is 37.9 Å². The van der Waals surface area contributed by atoms with Gasteiger partial charge in [-0.3, -0.25) is 9.59 Å². The molecule has 2 fully saturated rings. The molecule has 0 radical (unpaired) electrons. The van der Waals surface area contributed by atoms with E-state index >= 15 is 0 Å². The molecule has 0 aromatic heterocycles. The zero-order valence-corrected chi connectivity index (χ0v) is 11.8. The number of hydrogen-bond acceptors (Lipinski definition) is 5. The summed E-state index contributed by atoms with van der Waals surface area (Å²) in [5.74, 6) is -0.966. The van der Waals surface area contributed by atoms with E-state index in [2.05, 4.69) is 0 Å². The van der Waals surface area contributed by atoms with Crippen molar-refractivity contribution < 1.29 is 24.2 Å². The summed E-state index contributed by atoms with van der Waals surface area (Å²) in [7, 11) is 2.60. The summed E-state index contributed by atoms with van der Waals surface area (Å²) in [6.45, 7) is 2.01. The highest BCUT2D eigenvalue weighted by molar-refractivity contribution is 6.01. The fraction of sp³-hybridized carbons (Fsp3) is 0.857. The molecule has 2 saturated carbocycles. The second kappa shape index (κ2) is 4.78. The predicted molar refractivity (Wildman–Crippen MR) is 67.1 cm³/mol. The SMILES string of the molecule is COC(=O)C1(C(=O)OC)C[C@H](CO)[C@@H](C)C12CCC2. The first-order valence-electron chi connectivity index (χ1n) is 6.78. The number of aliphatic hydroxyl groups excluding tert-OH is 1. The minimum Gasteiger partial charge on any atom is -0.468 e. The van der Waals surface area contributed by atoms with Gasteiger partial charge in [0.25, 0.3) is 0 Å². The van der Waals surface area contributed by atoms with Crippen molar-refractivity contribution in [3.63, 3.8) is 0 Å². The molecule has 0 bridgehead atoms. The van der Waals surface area contributed by atoms with Gasteiger partial charge >= 0.3 is 11.9 Å². The summed E-state index contributed by atoms with van der Waals surface area (Å²) >= 11 is 0. The van der Waals surface area contributed by atoms with Crippen LogP contribution in [0.25, 0.3) is 0 Å². The van der Waals surface area contributed by atoms with Gasteiger partial charge in [-0.1, -0.05) is 13.3 Å². The number of rotatable bonds is 3. The van der Waals surface area contributed by atoms with Gasteiger partial charge in [-0.05, 0) is 31.1 Å². The van der Waals surface area contributed by atoms with Gasteiger partial charge in [0.15, 0.2) is 5.41 Å². The number of carbonyl (C=O) groups excluding carboxylic acids is 2. The molecule has 2 aliphatic carbocycles. The molecule has 5 nitrogen and oxygen atoms in total. The van der Waals surface area contributed by atoms with Crippen LogP contribution in [0.5, 0.6) is 0 Å². The number of hydrogen-bond donors (Lipinski definition) is 1. The normalized spacial score (nSPS) is 30.7. The van der Waals surface area contributed by atoms with E-state index in [0.29, 0.717) is 6.42 Å². The Labute approximate surface area is 113 Å². The van der Waals surface area contributed by atoms with Gasteiger partial charge in [0, 0.05) is 12.0 Å². The molecule has 0 aliphatic heterocycles. The Bertz CT molecular complexity index is 369. The fourth-order valence-electron chi connectivity index (χ4n) is 4.28. The Hall–Kier alpha value is -1.10. The number of methoxy groups -OCH3 is 2. The molecule has 2 rings (SSSR count). The van der Waals surface area contributed by atoms with E-state index in [4.69, 9.17) is 9.47 Å². The zero-order chi connectivity index (χ0) is 14.3. The van der Waals surface area contributed by atoms with Crippen LogP contribution >= 0.6 is 0 Å². The molecule has 0 unspecified atom stereocenters. The van der Waals surface area contributed by atoms with E-state index in [1.165, 1.54) is 14.2 Å². The predicted octanol–water partition coefficient (Wildman–Crippen LogP) is 1.14. The first-order valence-corrected chi connectivity index (χ1v) is 6.78. The number of esters is 2. The Morgan fingerprint density at radius 3 is 2.05 bits per heavy atom. The summed E-state index contributed by atoms with van der Waals surface area (Å²) < 4.78 is 9.82. The van der Waals surface area contributed by atoms with Crippen LogP contribution in [0.2, 0.25) is 0 Å². The van der Waals surface area contributed by atoms with Gasteiger partial charge in [0.2, 0.25) is 0 Å². The number of aliphatic hydroxyl groups is 1. The summed E-state index contributed by atoms with van der Waals surface area (Å²) in [6.07, 6.45) is 2.95. The van der Waals surface area contributed by atoms with Crippen LogP contribution in [0.15, 0.2) is 0 Å². The Kier molecular flexibility index (Phi) is 3.60. The van der Waals surface area contributed by atoms with Crippen LogP contribution in [0.1, 0.15) is 32.6 Å². The molecule has 0 aromatic carbocycles. The van der Waals surface area contributed by atoms with Crippen molar-refractivity contribution in [1.82, 2.24) is 0 Å². The average molecular weight is 270 g/mol. The lowest BCUT2D eigenvalue weighted by atomic mass is 9.51. The summed E-state index contributed by atoms with van der Waals surface area (Å²) in [6, 6.07) is 0. The molecular weight excluding hydrogens is 248 g/mol. The first-order chi connectivity index (χ1) is 9.00. The highest BCUT2D eigenvalue weighted by Crippen LogP contribution is 2.68. The molecule has 108 valence electrons. The Morgan fingerprint density at radius 2 is 1.74 bits per heavy atom. The third kappa shape index (κ3) is 1.57. The van der Waals surface area contributed by atoms with Gasteiger partial charge in [-0.2, -0.15) is 0 Å². The first kappa shape index (κ1) is 14.3. The monoisotopic (exact) mass is 270 g/mol. The maximum atomic E-state index is 12.3. The molecule has 5 heteroatoms. The highest BCUT2D eigenvalue weighted by atomic mass is 16.5. The summed E-state index contributed by atoms with van der Waals surface area (Å²) in [5.41, 5.74) is -1.64. The molecule has 0 amide bonds. The quantitative estimate of drug-likeness (QED) is 0.615. The lowest BCUT2D eigenvalue weighted by molar-refractivity contribution is -0.186. The van der Waals surface area contributed by atoms with E-state index < -0.39 is 22.8 Å². The van der Waals surface area contributed by atoms with Crippen LogP contribution in [0.3, 0.4) is 0 Å². The number of carbonyl (C=O) groups is 2. The smallest absolute Gasteiger partial charge is 0.323 e. The molecule has 1 N–H and O–H groups in total. The van der Waals surface area contributed by atoms with Crippen LogP contribution in [-0.2, 0) is 19.1 Å². The molecule has 2 atom stereocenters. The molecule has 1 spiro atoms. The summed E-state index contributed by atoms with van der Waals surface area (Å²) in [4.78, 5) is 24.7. The third-order valence-corrected chi connectivity index (χ3v) is 5.55. The highest BCUT2D eigenvalue weighted by Gasteiger charge is 2.72. The van der Waals surface area contributed by atoms with E-state index in [1.54, 1.807) is 0 Å². The van der Waals surface area contributed by atoms with Crippen molar-refractivity contribution in [2.45, 2.75) is 32.6 Å². The third-order valence-electron chi connectivity index (χ3n) is 5.55. The molecular formula is C14H22O5. The molecule has 0 saturated heterocycles. The average Bonchev–Trinajstić information content (AvgIpc) is 2.66. The van der Waals surface area contributed by atoms with Gasteiger partial charge in [-0.25, -0.2) is 0 Å². The molecule has 0 aromatic rings. The lowest BCUT2D eigenvalue weighted by Gasteiger charge is -2.51. The van der Waals surface area contributed by atoms with Crippen LogP contribution in [0.4, 0.5) is 0 Å². The van der Waals surface area contributed by atoms with Gasteiger partial charge in [0.1, 0.15) is 0 Å². The number of ether oxygens (including phenoxy) is 2. The van der Waals surface area contributed by atoms with Gasteiger partial charge < -0.3 is 14.6 Å². The van der Waals surface area contributed by atoms with Gasteiger partial charge in [0.05, 0.1) is 14.2 Å². The van der Waals surface area contributed by atoms with Crippen molar-refractivity contribution in [2.24, 2.45) is 22.7 Å². The maximum Gasteiger partial charge on any atom is 0.323 e. The molecule has 2 aliphatic rings. The van der Waals surface area contributed by atoms with Crippen LogP contribution in [0, 0.1) is 22.7 Å². The van der Waals surface area contributed by atoms with Crippen molar-refractivity contribution in [3.05, 3.63) is 0 Å². The van der Waals surface area contributed by atoms with E-state index in [-0.39, 0.29) is 18.4 Å². The lowest BCUT2D eigenvalue weighted by Crippen LogP contribution is -2.56. The molecule has 19 heavy (non-hydrogen) atoms. The van der Waals surface area contributed by atoms with Gasteiger partial charge in [-0.15, -0.1) is 0 Å². The largest absolute Gasteiger partial charge is 0.468 e. The minimum atomic E-state index is -1.23. The topological polar surface area (TPSA) is 72.8 Å². The zero-order valence-electron chi connectivity index (χ0n) is 11.8. The second-order valence-electron chi connectivity index (χ2n) is 5.83. The fourth-order valence-corrected chi connectivity index (χ4v) is 4.28. The Balaban J connectivity index is 2.52. The second-order valence-corrected chi connectivity index (χ2v) is 5.83. The molecule has 0 heterocycles. The van der Waals surface area contributed by atoms with Crippen molar-refractivity contribution >= 4 is 11.9 Å². The van der Waals surface area contributed by atoms with Crippen molar-refractivity contribution in [3.8, 4) is 0 Å². The summed E-state index contributed by atoms with van der Waals surface area (Å²) in [5, 5.41) is 9.53. The van der Waals surface area contributed by atoms with E-state index in [9.17, 15) is 14.7 Å². The van der Waals surface area contributed by atoms with Crippen LogP contribution < -0.4 is 0 Å². The van der Waals surface area contributed by atoms with E-state index in [0.717, 1.165) is 19.3 Å².